The van der Waals surface area contributed by atoms with Crippen molar-refractivity contribution in [2.45, 2.75) is 13.0 Å². The number of para-hydroxylation sites is 1. The second kappa shape index (κ2) is 5.52. The fraction of sp³-hybridized carbons (Fsp3) is 0.400. The number of nitrogens with one attached hydrogen (secondary N) is 1. The molecule has 0 spiro atoms. The zero-order valence-electron chi connectivity index (χ0n) is 9.10. The Kier molecular flexibility index (Phi) is 4.58. The molecule has 1 aromatic carbocycles. The molecule has 4 nitrogen and oxygen atoms in total. The third kappa shape index (κ3) is 4.83. The first kappa shape index (κ1) is 13.3. The van der Waals surface area contributed by atoms with Crippen molar-refractivity contribution in [2.75, 3.05) is 12.8 Å². The quantitative estimate of drug-likeness (QED) is 0.879. The van der Waals surface area contributed by atoms with Gasteiger partial charge in [-0.3, -0.25) is 0 Å². The van der Waals surface area contributed by atoms with E-state index < -0.39 is 10.0 Å². The van der Waals surface area contributed by atoms with E-state index in [1.807, 2.05) is 0 Å². The van der Waals surface area contributed by atoms with Crippen LogP contribution in [0.15, 0.2) is 24.3 Å². The zero-order valence-corrected chi connectivity index (χ0v) is 10.7. The average molecular weight is 264 g/mol. The third-order valence-electron chi connectivity index (χ3n) is 1.80. The smallest absolute Gasteiger partial charge is 0.208 e. The first-order chi connectivity index (χ1) is 7.38. The summed E-state index contributed by atoms with van der Waals surface area (Å²) in [6.07, 6.45) is 0.824. The van der Waals surface area contributed by atoms with E-state index in [4.69, 9.17) is 16.3 Å². The Morgan fingerprint density at radius 3 is 2.62 bits per heavy atom. The Balaban J connectivity index is 2.52. The van der Waals surface area contributed by atoms with Gasteiger partial charge in [0.25, 0.3) is 0 Å². The molecule has 0 heterocycles. The fourth-order valence-electron chi connectivity index (χ4n) is 1.07. The lowest BCUT2D eigenvalue weighted by atomic mass is 10.3. The monoisotopic (exact) mass is 263 g/mol. The van der Waals surface area contributed by atoms with Crippen molar-refractivity contribution < 1.29 is 13.2 Å². The largest absolute Gasteiger partial charge is 0.488 e. The van der Waals surface area contributed by atoms with E-state index in [9.17, 15) is 8.42 Å². The highest BCUT2D eigenvalue weighted by atomic mass is 35.5. The molecule has 0 aliphatic heterocycles. The van der Waals surface area contributed by atoms with Crippen LogP contribution in [0.3, 0.4) is 0 Å². The van der Waals surface area contributed by atoms with Crippen LogP contribution in [0.4, 0.5) is 0 Å². The summed E-state index contributed by atoms with van der Waals surface area (Å²) in [5.74, 6) is 0.548. The van der Waals surface area contributed by atoms with Gasteiger partial charge in [0, 0.05) is 6.54 Å². The van der Waals surface area contributed by atoms with Crippen LogP contribution >= 0.6 is 11.6 Å². The van der Waals surface area contributed by atoms with Gasteiger partial charge in [-0.2, -0.15) is 0 Å². The van der Waals surface area contributed by atoms with Crippen molar-refractivity contribution in [2.24, 2.45) is 0 Å². The Hall–Kier alpha value is -0.780. The number of hydrogen-bond donors (Lipinski definition) is 1. The first-order valence-corrected chi connectivity index (χ1v) is 7.01. The highest BCUT2D eigenvalue weighted by molar-refractivity contribution is 7.88. The van der Waals surface area contributed by atoms with Crippen LogP contribution in [0.1, 0.15) is 6.92 Å². The second-order valence-corrected chi connectivity index (χ2v) is 5.72. The Bertz CT molecular complexity index is 447. The molecule has 6 heteroatoms. The number of ether oxygens (including phenoxy) is 1. The van der Waals surface area contributed by atoms with Crippen LogP contribution in [0.2, 0.25) is 5.02 Å². The van der Waals surface area contributed by atoms with Gasteiger partial charge < -0.3 is 4.74 Å². The van der Waals surface area contributed by atoms with Gasteiger partial charge in [0.15, 0.2) is 0 Å². The summed E-state index contributed by atoms with van der Waals surface area (Å²) in [7, 11) is -3.18. The van der Waals surface area contributed by atoms with Gasteiger partial charge in [0.2, 0.25) is 10.0 Å². The van der Waals surface area contributed by atoms with Crippen LogP contribution in [0.5, 0.6) is 5.75 Å². The van der Waals surface area contributed by atoms with Gasteiger partial charge >= 0.3 is 0 Å². The molecule has 90 valence electrons. The van der Waals surface area contributed by atoms with Crippen molar-refractivity contribution in [1.29, 1.82) is 0 Å². The topological polar surface area (TPSA) is 55.4 Å². The molecule has 0 bridgehead atoms. The minimum absolute atomic E-state index is 0.212. The van der Waals surface area contributed by atoms with Crippen LogP contribution < -0.4 is 9.46 Å². The van der Waals surface area contributed by atoms with Gasteiger partial charge in [-0.15, -0.1) is 0 Å². The molecule has 0 radical (unpaired) electrons. The van der Waals surface area contributed by atoms with E-state index in [1.165, 1.54) is 0 Å². The van der Waals surface area contributed by atoms with Crippen LogP contribution in [0, 0.1) is 0 Å². The summed E-state index contributed by atoms with van der Waals surface area (Å²) in [5, 5.41) is 0.508. The fourth-order valence-corrected chi connectivity index (χ4v) is 1.79. The van der Waals surface area contributed by atoms with Crippen molar-refractivity contribution in [3.63, 3.8) is 0 Å². The maximum absolute atomic E-state index is 10.9. The highest BCUT2D eigenvalue weighted by Crippen LogP contribution is 2.23. The van der Waals surface area contributed by atoms with E-state index in [0.717, 1.165) is 6.26 Å². The number of halogens is 1. The van der Waals surface area contributed by atoms with Crippen LogP contribution in [-0.4, -0.2) is 27.3 Å². The first-order valence-electron chi connectivity index (χ1n) is 4.74. The van der Waals surface area contributed by atoms with Crippen LogP contribution in [0.25, 0.3) is 0 Å². The molecule has 0 amide bonds. The summed E-state index contributed by atoms with van der Waals surface area (Å²) in [4.78, 5) is 0. The molecule has 0 aliphatic rings. The molecule has 0 saturated carbocycles. The molecule has 0 saturated heterocycles. The lowest BCUT2D eigenvalue weighted by molar-refractivity contribution is 0.225. The normalized spacial score (nSPS) is 13.4. The van der Waals surface area contributed by atoms with E-state index in [1.54, 1.807) is 31.2 Å². The predicted molar refractivity (Wildman–Crippen MR) is 64.4 cm³/mol. The van der Waals surface area contributed by atoms with E-state index in [-0.39, 0.29) is 12.6 Å². The maximum Gasteiger partial charge on any atom is 0.208 e. The minimum atomic E-state index is -3.18. The lowest BCUT2D eigenvalue weighted by Gasteiger charge is -2.15. The van der Waals surface area contributed by atoms with Crippen molar-refractivity contribution in [3.8, 4) is 5.75 Å². The summed E-state index contributed by atoms with van der Waals surface area (Å²) < 4.78 is 29.6. The zero-order chi connectivity index (χ0) is 12.2. The lowest BCUT2D eigenvalue weighted by Crippen LogP contribution is -2.32. The molecule has 1 rings (SSSR count). The highest BCUT2D eigenvalue weighted by Gasteiger charge is 2.09. The number of rotatable bonds is 5. The molecule has 1 aromatic rings. The average Bonchev–Trinajstić information content (AvgIpc) is 2.18. The summed E-state index contributed by atoms with van der Waals surface area (Å²) in [5.41, 5.74) is 0. The van der Waals surface area contributed by atoms with Gasteiger partial charge in [-0.1, -0.05) is 23.7 Å². The van der Waals surface area contributed by atoms with Gasteiger partial charge in [0.05, 0.1) is 11.3 Å². The van der Waals surface area contributed by atoms with E-state index in [2.05, 4.69) is 4.72 Å². The van der Waals surface area contributed by atoms with Crippen LogP contribution in [-0.2, 0) is 10.0 Å². The van der Waals surface area contributed by atoms with Crippen molar-refractivity contribution in [3.05, 3.63) is 29.3 Å². The molecular weight excluding hydrogens is 250 g/mol. The summed E-state index contributed by atoms with van der Waals surface area (Å²) in [6.45, 7) is 1.98. The number of hydrogen-bond acceptors (Lipinski definition) is 3. The third-order valence-corrected chi connectivity index (χ3v) is 2.80. The molecule has 1 N–H and O–H groups in total. The molecule has 0 aromatic heterocycles. The van der Waals surface area contributed by atoms with Gasteiger partial charge in [-0.25, -0.2) is 13.1 Å². The summed E-state index contributed by atoms with van der Waals surface area (Å²) >= 11 is 5.89. The maximum atomic E-state index is 10.9. The second-order valence-electron chi connectivity index (χ2n) is 3.48. The number of sulfonamides is 1. The van der Waals surface area contributed by atoms with Crippen molar-refractivity contribution in [1.82, 2.24) is 4.72 Å². The minimum Gasteiger partial charge on any atom is -0.488 e. The van der Waals surface area contributed by atoms with E-state index >= 15 is 0 Å². The summed E-state index contributed by atoms with van der Waals surface area (Å²) in [6, 6.07) is 7.05. The number of benzene rings is 1. The Labute approximate surface area is 101 Å². The van der Waals surface area contributed by atoms with Crippen molar-refractivity contribution >= 4 is 21.6 Å². The van der Waals surface area contributed by atoms with Gasteiger partial charge in [-0.05, 0) is 19.1 Å². The molecule has 0 aliphatic carbocycles. The molecule has 0 fully saturated rings. The molecule has 0 unspecified atom stereocenters. The van der Waals surface area contributed by atoms with Gasteiger partial charge in [0.1, 0.15) is 11.9 Å². The SMILES string of the molecule is C[C@@H](CNS(C)(=O)=O)Oc1ccccc1Cl. The van der Waals surface area contributed by atoms with E-state index in [0.29, 0.717) is 10.8 Å². The standard InChI is InChI=1S/C10H14ClNO3S/c1-8(7-12-16(2,13)14)15-10-6-4-3-5-9(10)11/h3-6,8,12H,7H2,1-2H3/t8-/m0/s1. The predicted octanol–water partition coefficient (Wildman–Crippen LogP) is 1.66. The molecule has 1 atom stereocenters. The Morgan fingerprint density at radius 1 is 1.44 bits per heavy atom. The molecule has 16 heavy (non-hydrogen) atoms. The Morgan fingerprint density at radius 2 is 2.06 bits per heavy atom. The molecular formula is C10H14ClNO3S.